The molecule has 0 bridgehead atoms. The van der Waals surface area contributed by atoms with Crippen LogP contribution in [0.5, 0.6) is 0 Å². The Bertz CT molecular complexity index is 368. The summed E-state index contributed by atoms with van der Waals surface area (Å²) in [4.78, 5) is 4.52. The predicted octanol–water partition coefficient (Wildman–Crippen LogP) is 1.75. The molecule has 16 heavy (non-hydrogen) atoms. The van der Waals surface area contributed by atoms with Gasteiger partial charge in [0, 0.05) is 20.0 Å². The summed E-state index contributed by atoms with van der Waals surface area (Å²) in [5, 5.41) is 3.70. The lowest BCUT2D eigenvalue weighted by Gasteiger charge is -2.34. The number of aromatic nitrogens is 2. The zero-order valence-corrected chi connectivity index (χ0v) is 10.6. The molecule has 3 rings (SSSR count). The summed E-state index contributed by atoms with van der Waals surface area (Å²) >= 11 is 2.11. The van der Waals surface area contributed by atoms with Crippen LogP contribution in [0.3, 0.4) is 0 Å². The molecule has 1 fully saturated rings. The number of hydrogen-bond acceptors (Lipinski definition) is 3. The Morgan fingerprint density at radius 3 is 3.31 bits per heavy atom. The van der Waals surface area contributed by atoms with Crippen LogP contribution in [0, 0.1) is 5.92 Å². The van der Waals surface area contributed by atoms with E-state index in [1.807, 2.05) is 6.33 Å². The van der Waals surface area contributed by atoms with Gasteiger partial charge in [0.05, 0.1) is 23.8 Å². The van der Waals surface area contributed by atoms with Gasteiger partial charge in [-0.3, -0.25) is 0 Å². The SMILES string of the molecule is Cn1cnc2c1C(C1CCCSC1)NCC2. The second-order valence-corrected chi connectivity index (χ2v) is 6.00. The van der Waals surface area contributed by atoms with E-state index in [-0.39, 0.29) is 0 Å². The molecule has 2 aliphatic heterocycles. The van der Waals surface area contributed by atoms with Crippen molar-refractivity contribution in [3.63, 3.8) is 0 Å². The highest BCUT2D eigenvalue weighted by atomic mass is 32.2. The highest BCUT2D eigenvalue weighted by Crippen LogP contribution is 2.35. The minimum Gasteiger partial charge on any atom is -0.336 e. The van der Waals surface area contributed by atoms with Gasteiger partial charge in [-0.15, -0.1) is 0 Å². The van der Waals surface area contributed by atoms with Gasteiger partial charge in [-0.05, 0) is 30.3 Å². The molecule has 0 saturated carbocycles. The summed E-state index contributed by atoms with van der Waals surface area (Å²) in [7, 11) is 2.13. The highest BCUT2D eigenvalue weighted by molar-refractivity contribution is 7.99. The molecule has 2 atom stereocenters. The number of aryl methyl sites for hydroxylation is 1. The van der Waals surface area contributed by atoms with Crippen molar-refractivity contribution in [3.05, 3.63) is 17.7 Å². The second-order valence-electron chi connectivity index (χ2n) is 4.85. The molecule has 0 radical (unpaired) electrons. The average Bonchev–Trinajstić information content (AvgIpc) is 2.73. The van der Waals surface area contributed by atoms with E-state index in [9.17, 15) is 0 Å². The van der Waals surface area contributed by atoms with Crippen molar-refractivity contribution in [1.29, 1.82) is 0 Å². The molecule has 1 N–H and O–H groups in total. The molecule has 0 amide bonds. The molecule has 0 aromatic carbocycles. The van der Waals surface area contributed by atoms with Crippen LogP contribution in [0.25, 0.3) is 0 Å². The number of thioether (sulfide) groups is 1. The zero-order chi connectivity index (χ0) is 11.0. The van der Waals surface area contributed by atoms with E-state index >= 15 is 0 Å². The molecule has 2 aliphatic rings. The third kappa shape index (κ3) is 1.78. The van der Waals surface area contributed by atoms with Gasteiger partial charge in [0.1, 0.15) is 0 Å². The van der Waals surface area contributed by atoms with Crippen molar-refractivity contribution in [2.24, 2.45) is 13.0 Å². The van der Waals surface area contributed by atoms with E-state index in [4.69, 9.17) is 0 Å². The molecule has 4 heteroatoms. The van der Waals surface area contributed by atoms with Crippen LogP contribution in [0.1, 0.15) is 30.3 Å². The van der Waals surface area contributed by atoms with Gasteiger partial charge in [-0.1, -0.05) is 0 Å². The molecule has 1 saturated heterocycles. The Morgan fingerprint density at radius 2 is 2.50 bits per heavy atom. The van der Waals surface area contributed by atoms with Crippen molar-refractivity contribution >= 4 is 11.8 Å². The Hall–Kier alpha value is -0.480. The number of fused-ring (bicyclic) bond motifs is 1. The van der Waals surface area contributed by atoms with E-state index in [0.717, 1.165) is 18.9 Å². The minimum absolute atomic E-state index is 0.545. The summed E-state index contributed by atoms with van der Waals surface area (Å²) in [6.45, 7) is 1.09. The molecule has 3 heterocycles. The number of hydrogen-bond donors (Lipinski definition) is 1. The van der Waals surface area contributed by atoms with Gasteiger partial charge >= 0.3 is 0 Å². The van der Waals surface area contributed by atoms with Gasteiger partial charge in [0.25, 0.3) is 0 Å². The van der Waals surface area contributed by atoms with Gasteiger partial charge in [0.15, 0.2) is 0 Å². The molecule has 0 aliphatic carbocycles. The first-order chi connectivity index (χ1) is 7.86. The Kier molecular flexibility index (Phi) is 2.94. The van der Waals surface area contributed by atoms with Crippen molar-refractivity contribution in [3.8, 4) is 0 Å². The van der Waals surface area contributed by atoms with E-state index in [1.165, 1.54) is 35.7 Å². The van der Waals surface area contributed by atoms with Crippen molar-refractivity contribution in [1.82, 2.24) is 14.9 Å². The van der Waals surface area contributed by atoms with Crippen LogP contribution in [-0.2, 0) is 13.5 Å². The van der Waals surface area contributed by atoms with Crippen molar-refractivity contribution in [2.75, 3.05) is 18.1 Å². The van der Waals surface area contributed by atoms with Gasteiger partial charge < -0.3 is 9.88 Å². The first kappa shape index (κ1) is 10.7. The Balaban J connectivity index is 1.88. The quantitative estimate of drug-likeness (QED) is 0.807. The standard InChI is InChI=1S/C12H19N3S/c1-15-8-14-10-4-5-13-11(12(10)15)9-3-2-6-16-7-9/h8-9,11,13H,2-7H2,1H3. The molecular weight excluding hydrogens is 218 g/mol. The van der Waals surface area contributed by atoms with Crippen LogP contribution in [0.2, 0.25) is 0 Å². The predicted molar refractivity (Wildman–Crippen MR) is 67.7 cm³/mol. The first-order valence-corrected chi connectivity index (χ1v) is 7.33. The maximum atomic E-state index is 4.52. The lowest BCUT2D eigenvalue weighted by molar-refractivity contribution is 0.337. The largest absolute Gasteiger partial charge is 0.336 e. The third-order valence-corrected chi connectivity index (χ3v) is 4.99. The minimum atomic E-state index is 0.545. The van der Waals surface area contributed by atoms with Crippen LogP contribution in [-0.4, -0.2) is 27.6 Å². The van der Waals surface area contributed by atoms with Crippen LogP contribution in [0.4, 0.5) is 0 Å². The first-order valence-electron chi connectivity index (χ1n) is 6.17. The van der Waals surface area contributed by atoms with E-state index in [1.54, 1.807) is 0 Å². The fourth-order valence-electron chi connectivity index (χ4n) is 2.94. The van der Waals surface area contributed by atoms with Crippen LogP contribution >= 0.6 is 11.8 Å². The van der Waals surface area contributed by atoms with E-state index < -0.39 is 0 Å². The van der Waals surface area contributed by atoms with Gasteiger partial charge in [-0.25, -0.2) is 4.98 Å². The summed E-state index contributed by atoms with van der Waals surface area (Å²) < 4.78 is 2.21. The zero-order valence-electron chi connectivity index (χ0n) is 9.78. The van der Waals surface area contributed by atoms with Gasteiger partial charge in [0.2, 0.25) is 0 Å². The Labute approximate surface area is 101 Å². The number of rotatable bonds is 1. The molecule has 0 spiro atoms. The molecule has 1 aromatic heterocycles. The van der Waals surface area contributed by atoms with E-state index in [2.05, 4.69) is 33.7 Å². The Morgan fingerprint density at radius 1 is 1.56 bits per heavy atom. The second kappa shape index (κ2) is 4.41. The van der Waals surface area contributed by atoms with Crippen molar-refractivity contribution in [2.45, 2.75) is 25.3 Å². The topological polar surface area (TPSA) is 29.9 Å². The smallest absolute Gasteiger partial charge is 0.0949 e. The average molecular weight is 237 g/mol. The van der Waals surface area contributed by atoms with Crippen LogP contribution in [0.15, 0.2) is 6.33 Å². The van der Waals surface area contributed by atoms with E-state index in [0.29, 0.717) is 6.04 Å². The van der Waals surface area contributed by atoms with Gasteiger partial charge in [-0.2, -0.15) is 11.8 Å². The monoisotopic (exact) mass is 237 g/mol. The fraction of sp³-hybridized carbons (Fsp3) is 0.750. The lowest BCUT2D eigenvalue weighted by Crippen LogP contribution is -2.37. The molecule has 88 valence electrons. The number of nitrogens with one attached hydrogen (secondary N) is 1. The number of nitrogens with zero attached hydrogens (tertiary/aromatic N) is 2. The summed E-state index contributed by atoms with van der Waals surface area (Å²) in [5.41, 5.74) is 2.76. The third-order valence-electron chi connectivity index (χ3n) is 3.75. The molecule has 1 aromatic rings. The highest BCUT2D eigenvalue weighted by Gasteiger charge is 2.31. The molecule has 3 nitrogen and oxygen atoms in total. The lowest BCUT2D eigenvalue weighted by atomic mass is 9.90. The molecular formula is C12H19N3S. The summed E-state index contributed by atoms with van der Waals surface area (Å²) in [5.74, 6) is 3.46. The number of imidazole rings is 1. The summed E-state index contributed by atoms with van der Waals surface area (Å²) in [6, 6.07) is 0.545. The maximum Gasteiger partial charge on any atom is 0.0949 e. The fourth-order valence-corrected chi connectivity index (χ4v) is 4.14. The van der Waals surface area contributed by atoms with Crippen LogP contribution < -0.4 is 5.32 Å². The van der Waals surface area contributed by atoms with Crippen molar-refractivity contribution < 1.29 is 0 Å². The molecule has 2 unspecified atom stereocenters. The summed E-state index contributed by atoms with van der Waals surface area (Å²) in [6.07, 6.45) is 5.81. The maximum absolute atomic E-state index is 4.52. The normalized spacial score (nSPS) is 30.1.